The number of carbonyl (C=O) groups excluding carboxylic acids is 2. The van der Waals surface area contributed by atoms with Crippen LogP contribution in [0.15, 0.2) is 78.9 Å². The first-order valence-corrected chi connectivity index (χ1v) is 9.09. The molecule has 3 aromatic carbocycles. The van der Waals surface area contributed by atoms with Crippen LogP contribution < -0.4 is 14.8 Å². The summed E-state index contributed by atoms with van der Waals surface area (Å²) in [6, 6.07) is 23.3. The largest absolute Gasteiger partial charge is 0.484 e. The molecule has 148 valence electrons. The van der Waals surface area contributed by atoms with E-state index < -0.39 is 0 Å². The van der Waals surface area contributed by atoms with Crippen molar-refractivity contribution in [3.63, 3.8) is 0 Å². The van der Waals surface area contributed by atoms with Gasteiger partial charge in [0.25, 0.3) is 11.8 Å². The predicted octanol–water partition coefficient (Wildman–Crippen LogP) is 4.20. The number of nitrogens with one attached hydrogen (secondary N) is 1. The SMILES string of the molecule is CN(C)C(=O)c1ccccc1NC(=O)COc1ccc(Oc2ccccc2)cc1. The first kappa shape index (κ1) is 19.9. The molecule has 2 amide bonds. The number of benzene rings is 3. The molecule has 0 atom stereocenters. The van der Waals surface area contributed by atoms with Gasteiger partial charge < -0.3 is 19.7 Å². The molecule has 0 aliphatic heterocycles. The van der Waals surface area contributed by atoms with Crippen molar-refractivity contribution < 1.29 is 19.1 Å². The summed E-state index contributed by atoms with van der Waals surface area (Å²) < 4.78 is 11.3. The van der Waals surface area contributed by atoms with Crippen LogP contribution in [0.25, 0.3) is 0 Å². The average molecular weight is 390 g/mol. The molecule has 0 saturated heterocycles. The standard InChI is InChI=1S/C23H22N2O4/c1-25(2)23(27)20-10-6-7-11-21(20)24-22(26)16-28-17-12-14-19(15-13-17)29-18-8-4-3-5-9-18/h3-15H,16H2,1-2H3,(H,24,26). The molecule has 0 aliphatic rings. The van der Waals surface area contributed by atoms with Gasteiger partial charge in [0.2, 0.25) is 0 Å². The lowest BCUT2D eigenvalue weighted by molar-refractivity contribution is -0.118. The Bertz CT molecular complexity index is 970. The molecule has 0 heterocycles. The molecular formula is C23H22N2O4. The lowest BCUT2D eigenvalue weighted by Crippen LogP contribution is -2.25. The Balaban J connectivity index is 1.55. The molecule has 0 radical (unpaired) electrons. The highest BCUT2D eigenvalue weighted by Gasteiger charge is 2.14. The van der Waals surface area contributed by atoms with Gasteiger partial charge in [-0.25, -0.2) is 0 Å². The number of hydrogen-bond donors (Lipinski definition) is 1. The number of ether oxygens (including phenoxy) is 2. The maximum Gasteiger partial charge on any atom is 0.262 e. The maximum absolute atomic E-state index is 12.3. The number of anilines is 1. The van der Waals surface area contributed by atoms with Crippen LogP contribution in [0.3, 0.4) is 0 Å². The molecule has 0 spiro atoms. The summed E-state index contributed by atoms with van der Waals surface area (Å²) >= 11 is 0. The van der Waals surface area contributed by atoms with Crippen LogP contribution in [-0.2, 0) is 4.79 Å². The van der Waals surface area contributed by atoms with E-state index in [0.29, 0.717) is 22.7 Å². The molecule has 0 unspecified atom stereocenters. The molecule has 0 bridgehead atoms. The van der Waals surface area contributed by atoms with E-state index in [9.17, 15) is 9.59 Å². The van der Waals surface area contributed by atoms with E-state index >= 15 is 0 Å². The maximum atomic E-state index is 12.3. The first-order chi connectivity index (χ1) is 14.0. The van der Waals surface area contributed by atoms with Crippen molar-refractivity contribution in [1.82, 2.24) is 4.90 Å². The molecule has 0 aromatic heterocycles. The third-order valence-corrected chi connectivity index (χ3v) is 4.01. The topological polar surface area (TPSA) is 67.9 Å². The van der Waals surface area contributed by atoms with Crippen molar-refractivity contribution in [1.29, 1.82) is 0 Å². The van der Waals surface area contributed by atoms with Crippen LogP contribution in [0, 0.1) is 0 Å². The van der Waals surface area contributed by atoms with Gasteiger partial charge in [0.1, 0.15) is 17.2 Å². The summed E-state index contributed by atoms with van der Waals surface area (Å²) in [5, 5.41) is 2.72. The van der Waals surface area contributed by atoms with Gasteiger partial charge in [-0.3, -0.25) is 9.59 Å². The van der Waals surface area contributed by atoms with Crippen LogP contribution in [0.5, 0.6) is 17.2 Å². The van der Waals surface area contributed by atoms with Gasteiger partial charge in [0.15, 0.2) is 6.61 Å². The summed E-state index contributed by atoms with van der Waals surface area (Å²) in [5.74, 6) is 1.42. The molecule has 6 nitrogen and oxygen atoms in total. The predicted molar refractivity (Wildman–Crippen MR) is 112 cm³/mol. The summed E-state index contributed by atoms with van der Waals surface area (Å²) in [5.41, 5.74) is 0.875. The number of nitrogens with zero attached hydrogens (tertiary/aromatic N) is 1. The molecule has 0 fully saturated rings. The Kier molecular flexibility index (Phi) is 6.47. The summed E-state index contributed by atoms with van der Waals surface area (Å²) in [7, 11) is 3.32. The second-order valence-corrected chi connectivity index (χ2v) is 6.47. The second kappa shape index (κ2) is 9.41. The quantitative estimate of drug-likeness (QED) is 0.657. The zero-order chi connectivity index (χ0) is 20.6. The van der Waals surface area contributed by atoms with Gasteiger partial charge in [-0.05, 0) is 48.5 Å². The van der Waals surface area contributed by atoms with Crippen LogP contribution in [0.2, 0.25) is 0 Å². The fourth-order valence-electron chi connectivity index (χ4n) is 2.58. The Morgan fingerprint density at radius 2 is 1.38 bits per heavy atom. The van der Waals surface area contributed by atoms with E-state index in [1.54, 1.807) is 62.6 Å². The molecule has 6 heteroatoms. The van der Waals surface area contributed by atoms with Gasteiger partial charge in [-0.1, -0.05) is 30.3 Å². The average Bonchev–Trinajstić information content (AvgIpc) is 2.74. The van der Waals surface area contributed by atoms with Crippen molar-refractivity contribution >= 4 is 17.5 Å². The molecular weight excluding hydrogens is 368 g/mol. The molecule has 0 saturated carbocycles. The highest BCUT2D eigenvalue weighted by atomic mass is 16.5. The van der Waals surface area contributed by atoms with Crippen molar-refractivity contribution in [2.75, 3.05) is 26.0 Å². The van der Waals surface area contributed by atoms with Gasteiger partial charge in [-0.2, -0.15) is 0 Å². The van der Waals surface area contributed by atoms with E-state index in [4.69, 9.17) is 9.47 Å². The smallest absolute Gasteiger partial charge is 0.262 e. The Morgan fingerprint density at radius 3 is 2.07 bits per heavy atom. The summed E-state index contributed by atoms with van der Waals surface area (Å²) in [4.78, 5) is 25.9. The van der Waals surface area contributed by atoms with Crippen molar-refractivity contribution in [3.05, 3.63) is 84.4 Å². The zero-order valence-corrected chi connectivity index (χ0v) is 16.3. The van der Waals surface area contributed by atoms with E-state index in [-0.39, 0.29) is 18.4 Å². The fraction of sp³-hybridized carbons (Fsp3) is 0.130. The molecule has 3 aromatic rings. The number of hydrogen-bond acceptors (Lipinski definition) is 4. The minimum atomic E-state index is -0.353. The summed E-state index contributed by atoms with van der Waals surface area (Å²) in [6.45, 7) is -0.177. The first-order valence-electron chi connectivity index (χ1n) is 9.09. The Labute approximate surface area is 169 Å². The normalized spacial score (nSPS) is 10.1. The molecule has 3 rings (SSSR count). The van der Waals surface area contributed by atoms with Crippen LogP contribution >= 0.6 is 0 Å². The minimum absolute atomic E-state index is 0.177. The number of para-hydroxylation sites is 2. The molecule has 1 N–H and O–H groups in total. The van der Waals surface area contributed by atoms with Crippen molar-refractivity contribution in [3.8, 4) is 17.2 Å². The van der Waals surface area contributed by atoms with Crippen molar-refractivity contribution in [2.24, 2.45) is 0 Å². The van der Waals surface area contributed by atoms with E-state index in [0.717, 1.165) is 5.75 Å². The van der Waals surface area contributed by atoms with Gasteiger partial charge in [-0.15, -0.1) is 0 Å². The highest BCUT2D eigenvalue weighted by Crippen LogP contribution is 2.23. The Morgan fingerprint density at radius 1 is 0.793 bits per heavy atom. The van der Waals surface area contributed by atoms with Gasteiger partial charge >= 0.3 is 0 Å². The number of rotatable bonds is 7. The monoisotopic (exact) mass is 390 g/mol. The van der Waals surface area contributed by atoms with Gasteiger partial charge in [0, 0.05) is 14.1 Å². The Hall–Kier alpha value is -3.80. The highest BCUT2D eigenvalue weighted by molar-refractivity contribution is 6.03. The lowest BCUT2D eigenvalue weighted by Gasteiger charge is -2.15. The zero-order valence-electron chi connectivity index (χ0n) is 16.3. The van der Waals surface area contributed by atoms with Gasteiger partial charge in [0.05, 0.1) is 11.3 Å². The third kappa shape index (κ3) is 5.59. The fourth-order valence-corrected chi connectivity index (χ4v) is 2.58. The van der Waals surface area contributed by atoms with E-state index in [2.05, 4.69) is 5.32 Å². The second-order valence-electron chi connectivity index (χ2n) is 6.47. The number of amides is 2. The van der Waals surface area contributed by atoms with Crippen LogP contribution in [0.4, 0.5) is 5.69 Å². The van der Waals surface area contributed by atoms with Crippen LogP contribution in [-0.4, -0.2) is 37.4 Å². The summed E-state index contributed by atoms with van der Waals surface area (Å²) in [6.07, 6.45) is 0. The minimum Gasteiger partial charge on any atom is -0.484 e. The van der Waals surface area contributed by atoms with E-state index in [1.165, 1.54) is 4.90 Å². The lowest BCUT2D eigenvalue weighted by atomic mass is 10.1. The van der Waals surface area contributed by atoms with Crippen molar-refractivity contribution in [2.45, 2.75) is 0 Å². The van der Waals surface area contributed by atoms with Crippen LogP contribution in [0.1, 0.15) is 10.4 Å². The molecule has 29 heavy (non-hydrogen) atoms. The molecule has 0 aliphatic carbocycles. The third-order valence-electron chi connectivity index (χ3n) is 4.01. The van der Waals surface area contributed by atoms with E-state index in [1.807, 2.05) is 30.3 Å². The number of carbonyl (C=O) groups is 2.